The fraction of sp³-hybridized carbons (Fsp3) is 0.842. The van der Waals surface area contributed by atoms with Gasteiger partial charge >= 0.3 is 19.8 Å². The third kappa shape index (κ3) is 34.7. The predicted octanol–water partition coefficient (Wildman–Crippen LogP) is 9.97. The number of nitrogens with two attached hydrogens (primary N) is 1. The predicted molar refractivity (Wildman–Crippen MR) is 198 cm³/mol. The van der Waals surface area contributed by atoms with Crippen LogP contribution in [-0.4, -0.2) is 60.5 Å². The van der Waals surface area contributed by atoms with Gasteiger partial charge in [-0.2, -0.15) is 0 Å². The highest BCUT2D eigenvalue weighted by Gasteiger charge is 2.27. The molecule has 4 N–H and O–H groups in total. The number of hydrogen-bond donors (Lipinski definition) is 3. The molecule has 0 saturated carbocycles. The lowest BCUT2D eigenvalue weighted by molar-refractivity contribution is -0.154. The Balaban J connectivity index is 4.22. The molecule has 0 aliphatic carbocycles. The monoisotopic (exact) mass is 717 g/mol. The number of carboxylic acids is 1. The summed E-state index contributed by atoms with van der Waals surface area (Å²) in [6.07, 6.45) is 35.2. The number of hydrogen-bond acceptors (Lipinski definition) is 8. The van der Waals surface area contributed by atoms with Crippen molar-refractivity contribution in [2.75, 3.05) is 26.4 Å². The smallest absolute Gasteiger partial charge is 0.472 e. The molecule has 0 fully saturated rings. The normalized spacial score (nSPS) is 14.4. The number of rotatable bonds is 37. The van der Waals surface area contributed by atoms with E-state index in [-0.39, 0.29) is 13.0 Å². The van der Waals surface area contributed by atoms with E-state index in [1.54, 1.807) is 0 Å². The Hall–Kier alpha value is -1.55. The third-order valence-corrected chi connectivity index (χ3v) is 9.18. The first-order chi connectivity index (χ1) is 23.7. The molecular formula is C38H72NO9P. The minimum Gasteiger partial charge on any atom is -0.480 e. The first kappa shape index (κ1) is 47.4. The van der Waals surface area contributed by atoms with E-state index in [1.165, 1.54) is 89.9 Å². The Bertz CT molecular complexity index is 883. The van der Waals surface area contributed by atoms with E-state index < -0.39 is 45.1 Å². The van der Waals surface area contributed by atoms with Crippen LogP contribution in [0.4, 0.5) is 0 Å². The Morgan fingerprint density at radius 3 is 1.69 bits per heavy atom. The van der Waals surface area contributed by atoms with Crippen molar-refractivity contribution < 1.29 is 42.7 Å². The summed E-state index contributed by atoms with van der Waals surface area (Å²) in [4.78, 5) is 33.3. The number of carboxylic acid groups (broad SMARTS) is 1. The van der Waals surface area contributed by atoms with Gasteiger partial charge in [0, 0.05) is 13.0 Å². The van der Waals surface area contributed by atoms with Crippen molar-refractivity contribution in [1.29, 1.82) is 0 Å². The maximum atomic E-state index is 12.5. The Morgan fingerprint density at radius 2 is 1.12 bits per heavy atom. The average molecular weight is 718 g/mol. The van der Waals surface area contributed by atoms with Crippen LogP contribution >= 0.6 is 7.82 Å². The van der Waals surface area contributed by atoms with Crippen LogP contribution in [0.15, 0.2) is 24.3 Å². The molecule has 49 heavy (non-hydrogen) atoms. The minimum atomic E-state index is -4.60. The van der Waals surface area contributed by atoms with Crippen molar-refractivity contribution in [2.24, 2.45) is 5.73 Å². The van der Waals surface area contributed by atoms with Crippen molar-refractivity contribution in [2.45, 2.75) is 180 Å². The highest BCUT2D eigenvalue weighted by atomic mass is 31.2. The fourth-order valence-electron chi connectivity index (χ4n) is 5.16. The molecule has 3 unspecified atom stereocenters. The largest absolute Gasteiger partial charge is 0.480 e. The van der Waals surface area contributed by atoms with Crippen LogP contribution < -0.4 is 5.73 Å². The summed E-state index contributed by atoms with van der Waals surface area (Å²) in [5.74, 6) is -1.78. The molecule has 0 bridgehead atoms. The van der Waals surface area contributed by atoms with Crippen LogP contribution in [0.3, 0.4) is 0 Å². The quantitative estimate of drug-likeness (QED) is 0.0245. The Kier molecular flexibility index (Phi) is 33.8. The van der Waals surface area contributed by atoms with Gasteiger partial charge in [0.15, 0.2) is 0 Å². The number of phosphoric ester groups is 1. The van der Waals surface area contributed by atoms with Crippen molar-refractivity contribution in [1.82, 2.24) is 0 Å². The molecule has 0 aromatic heterocycles. The molecule has 0 aliphatic rings. The number of unbranched alkanes of at least 4 members (excludes halogenated alkanes) is 19. The molecule has 3 atom stereocenters. The Labute approximate surface area is 298 Å². The summed E-state index contributed by atoms with van der Waals surface area (Å²) >= 11 is 0. The zero-order valence-corrected chi connectivity index (χ0v) is 31.9. The van der Waals surface area contributed by atoms with Gasteiger partial charge in [-0.3, -0.25) is 18.6 Å². The Morgan fingerprint density at radius 1 is 0.653 bits per heavy atom. The molecular weight excluding hydrogens is 645 g/mol. The molecule has 11 heteroatoms. The minimum absolute atomic E-state index is 0.0157. The van der Waals surface area contributed by atoms with Gasteiger partial charge in [0.2, 0.25) is 0 Å². The topological polar surface area (TPSA) is 155 Å². The van der Waals surface area contributed by atoms with Gasteiger partial charge in [-0.15, -0.1) is 0 Å². The van der Waals surface area contributed by atoms with Crippen molar-refractivity contribution in [3.05, 3.63) is 24.3 Å². The van der Waals surface area contributed by atoms with Gasteiger partial charge < -0.3 is 25.2 Å². The second-order valence-corrected chi connectivity index (χ2v) is 14.5. The van der Waals surface area contributed by atoms with Crippen LogP contribution in [0.5, 0.6) is 0 Å². The maximum absolute atomic E-state index is 12.5. The highest BCUT2D eigenvalue weighted by Crippen LogP contribution is 2.43. The summed E-state index contributed by atoms with van der Waals surface area (Å²) in [7, 11) is -4.60. The summed E-state index contributed by atoms with van der Waals surface area (Å²) in [6, 6.07) is -1.47. The van der Waals surface area contributed by atoms with Crippen LogP contribution in [0.25, 0.3) is 0 Å². The summed E-state index contributed by atoms with van der Waals surface area (Å²) in [5, 5.41) is 8.85. The average Bonchev–Trinajstić information content (AvgIpc) is 3.07. The van der Waals surface area contributed by atoms with Crippen LogP contribution in [0.2, 0.25) is 0 Å². The van der Waals surface area contributed by atoms with E-state index >= 15 is 0 Å². The lowest BCUT2D eigenvalue weighted by atomic mass is 10.1. The first-order valence-corrected chi connectivity index (χ1v) is 20.9. The van der Waals surface area contributed by atoms with E-state index in [0.717, 1.165) is 51.4 Å². The zero-order valence-electron chi connectivity index (χ0n) is 31.0. The van der Waals surface area contributed by atoms with Crippen LogP contribution in [0, 0.1) is 0 Å². The lowest BCUT2D eigenvalue weighted by Gasteiger charge is -2.20. The molecule has 0 aliphatic heterocycles. The summed E-state index contributed by atoms with van der Waals surface area (Å²) < 4.78 is 33.2. The number of aliphatic carboxylic acids is 1. The number of phosphoric acid groups is 1. The molecule has 0 aromatic rings. The van der Waals surface area contributed by atoms with Gasteiger partial charge in [-0.25, -0.2) is 4.57 Å². The highest BCUT2D eigenvalue weighted by molar-refractivity contribution is 7.47. The van der Waals surface area contributed by atoms with Gasteiger partial charge in [-0.05, 0) is 44.9 Å². The number of carbonyl (C=O) groups excluding carboxylic acids is 1. The zero-order chi connectivity index (χ0) is 36.3. The van der Waals surface area contributed by atoms with Gasteiger partial charge in [-0.1, -0.05) is 141 Å². The molecule has 0 rings (SSSR count). The maximum Gasteiger partial charge on any atom is 0.472 e. The van der Waals surface area contributed by atoms with Crippen molar-refractivity contribution in [3.63, 3.8) is 0 Å². The lowest BCUT2D eigenvalue weighted by Crippen LogP contribution is -2.34. The first-order valence-electron chi connectivity index (χ1n) is 19.4. The van der Waals surface area contributed by atoms with E-state index in [2.05, 4.69) is 42.7 Å². The van der Waals surface area contributed by atoms with Gasteiger partial charge in [0.05, 0.1) is 19.8 Å². The summed E-state index contributed by atoms with van der Waals surface area (Å²) in [6.45, 7) is 3.81. The molecule has 288 valence electrons. The second kappa shape index (κ2) is 34.9. The number of carbonyl (C=O) groups is 2. The van der Waals surface area contributed by atoms with Gasteiger partial charge in [0.25, 0.3) is 0 Å². The molecule has 0 amide bonds. The summed E-state index contributed by atoms with van der Waals surface area (Å²) in [5.41, 5.74) is 5.33. The van der Waals surface area contributed by atoms with Crippen LogP contribution in [0.1, 0.15) is 168 Å². The van der Waals surface area contributed by atoms with E-state index in [0.29, 0.717) is 13.0 Å². The molecule has 0 aromatic carbocycles. The van der Waals surface area contributed by atoms with Crippen molar-refractivity contribution in [3.8, 4) is 0 Å². The van der Waals surface area contributed by atoms with E-state index in [9.17, 15) is 19.0 Å². The standard InChI is InChI=1S/C38H72NO9P/c1-3-5-7-9-11-13-14-15-16-17-18-19-20-21-23-25-27-29-31-45-32-35(33-46-49(43,44)47-34-36(39)38(41)42)48-37(40)30-28-26-24-22-12-10-8-6-4-2/h11,13,15-16,35-36H,3-10,12,14,17-34,39H2,1-2H3,(H,41,42)(H,43,44)/b13-11-,16-15-. The number of allylic oxidation sites excluding steroid dienone is 4. The fourth-order valence-corrected chi connectivity index (χ4v) is 5.94. The number of ether oxygens (including phenoxy) is 2. The molecule has 10 nitrogen and oxygen atoms in total. The van der Waals surface area contributed by atoms with E-state index in [4.69, 9.17) is 24.8 Å². The molecule has 0 heterocycles. The SMILES string of the molecule is CCCCC/C=C\C/C=C\CCCCCCCCCCOCC(COP(=O)(O)OCC(N)C(=O)O)OC(=O)CCCCCCCCCCC. The molecule has 0 saturated heterocycles. The van der Waals surface area contributed by atoms with Crippen LogP contribution in [-0.2, 0) is 32.7 Å². The molecule has 0 spiro atoms. The molecule has 0 radical (unpaired) electrons. The third-order valence-electron chi connectivity index (χ3n) is 8.23. The second-order valence-electron chi connectivity index (χ2n) is 13.1. The van der Waals surface area contributed by atoms with E-state index in [1.807, 2.05) is 0 Å². The number of esters is 1. The van der Waals surface area contributed by atoms with Crippen molar-refractivity contribution >= 4 is 19.8 Å². The van der Waals surface area contributed by atoms with Gasteiger partial charge in [0.1, 0.15) is 12.1 Å².